The predicted octanol–water partition coefficient (Wildman–Crippen LogP) is 6.21. The number of ether oxygens (including phenoxy) is 4. The Morgan fingerprint density at radius 3 is 2.56 bits per heavy atom. The highest BCUT2D eigenvalue weighted by atomic mass is 16.8. The van der Waals surface area contributed by atoms with Crippen LogP contribution in [0.2, 0.25) is 0 Å². The van der Waals surface area contributed by atoms with E-state index < -0.39 is 0 Å². The predicted molar refractivity (Wildman–Crippen MR) is 140 cm³/mol. The summed E-state index contributed by atoms with van der Waals surface area (Å²) in [6.45, 7) is 8.63. The third-order valence-electron chi connectivity index (χ3n) is 6.85. The van der Waals surface area contributed by atoms with Crippen molar-refractivity contribution in [2.24, 2.45) is 0 Å². The molecule has 1 aromatic heterocycles. The topological polar surface area (TPSA) is 62.2 Å². The number of nitrogens with zero attached hydrogens (tertiary/aromatic N) is 1. The number of benzene rings is 2. The van der Waals surface area contributed by atoms with Gasteiger partial charge in [0.25, 0.3) is 0 Å². The van der Waals surface area contributed by atoms with Gasteiger partial charge in [0.2, 0.25) is 0 Å². The smallest absolute Gasteiger partial charge is 0.189 e. The van der Waals surface area contributed by atoms with Crippen LogP contribution in [-0.4, -0.2) is 23.6 Å². The van der Waals surface area contributed by atoms with Crippen LogP contribution in [0, 0.1) is 0 Å². The Balaban J connectivity index is 1.51. The van der Waals surface area contributed by atoms with E-state index in [1.807, 2.05) is 63.4 Å². The van der Waals surface area contributed by atoms with Gasteiger partial charge in [-0.25, -0.2) is 0 Å². The van der Waals surface area contributed by atoms with Crippen molar-refractivity contribution in [2.75, 3.05) is 7.11 Å². The molecule has 3 atom stereocenters. The van der Waals surface area contributed by atoms with Crippen molar-refractivity contribution in [3.63, 3.8) is 0 Å². The third kappa shape index (κ3) is 5.06. The van der Waals surface area contributed by atoms with Crippen LogP contribution in [0.1, 0.15) is 69.4 Å². The van der Waals surface area contributed by atoms with Crippen LogP contribution >= 0.6 is 0 Å². The molecule has 3 heterocycles. The van der Waals surface area contributed by atoms with E-state index in [0.29, 0.717) is 23.7 Å². The second kappa shape index (κ2) is 9.75. The first-order valence-electron chi connectivity index (χ1n) is 12.7. The highest BCUT2D eigenvalue weighted by molar-refractivity contribution is 5.70. The van der Waals surface area contributed by atoms with Gasteiger partial charge in [-0.05, 0) is 63.3 Å². The number of fused-ring (bicyclic) bond motifs is 3. The van der Waals surface area contributed by atoms with Crippen LogP contribution in [-0.2, 0) is 22.5 Å². The van der Waals surface area contributed by atoms with Crippen molar-refractivity contribution in [1.82, 2.24) is 4.57 Å². The van der Waals surface area contributed by atoms with E-state index in [4.69, 9.17) is 18.9 Å². The fraction of sp³-hybridized carbons (Fsp3) is 0.433. The van der Waals surface area contributed by atoms with Crippen molar-refractivity contribution in [3.8, 4) is 22.8 Å². The minimum Gasteiger partial charge on any atom is -0.493 e. The van der Waals surface area contributed by atoms with Gasteiger partial charge < -0.3 is 23.5 Å². The van der Waals surface area contributed by atoms with Crippen LogP contribution in [0.25, 0.3) is 11.3 Å². The Bertz CT molecular complexity index is 1290. The van der Waals surface area contributed by atoms with Crippen LogP contribution in [0.15, 0.2) is 59.5 Å². The van der Waals surface area contributed by atoms with Gasteiger partial charge in [0.1, 0.15) is 12.7 Å². The molecule has 0 saturated carbocycles. The molecule has 3 aromatic rings. The number of methoxy groups -OCH3 is 1. The van der Waals surface area contributed by atoms with Gasteiger partial charge in [0, 0.05) is 29.4 Å². The third-order valence-corrected chi connectivity index (χ3v) is 6.85. The van der Waals surface area contributed by atoms with Crippen molar-refractivity contribution >= 4 is 0 Å². The molecule has 6 heteroatoms. The summed E-state index contributed by atoms with van der Waals surface area (Å²) in [5.74, 6) is 1.38. The average molecular weight is 490 g/mol. The fourth-order valence-corrected chi connectivity index (χ4v) is 4.97. The van der Waals surface area contributed by atoms with E-state index in [2.05, 4.69) is 17.6 Å². The highest BCUT2D eigenvalue weighted by Crippen LogP contribution is 2.44. The lowest BCUT2D eigenvalue weighted by Crippen LogP contribution is -2.22. The van der Waals surface area contributed by atoms with Gasteiger partial charge >= 0.3 is 0 Å². The molecule has 0 spiro atoms. The first kappa shape index (κ1) is 24.6. The van der Waals surface area contributed by atoms with Gasteiger partial charge in [0.05, 0.1) is 18.4 Å². The second-order valence-corrected chi connectivity index (χ2v) is 10.6. The highest BCUT2D eigenvalue weighted by Gasteiger charge is 2.45. The number of hydrogen-bond donors (Lipinski definition) is 0. The van der Waals surface area contributed by atoms with Gasteiger partial charge in [-0.3, -0.25) is 4.79 Å². The quantitative estimate of drug-likeness (QED) is 0.369. The Hall–Kier alpha value is -3.09. The second-order valence-electron chi connectivity index (χ2n) is 10.6. The summed E-state index contributed by atoms with van der Waals surface area (Å²) in [4.78, 5) is 13.3. The summed E-state index contributed by atoms with van der Waals surface area (Å²) in [5.41, 5.74) is 4.47. The molecular weight excluding hydrogens is 454 g/mol. The number of hydrogen-bond acceptors (Lipinski definition) is 5. The molecule has 3 unspecified atom stereocenters. The summed E-state index contributed by atoms with van der Waals surface area (Å²) in [7, 11) is 1.65. The number of aromatic nitrogens is 1. The molecule has 0 bridgehead atoms. The summed E-state index contributed by atoms with van der Waals surface area (Å²) in [5, 5.41) is 0. The maximum Gasteiger partial charge on any atom is 0.189 e. The first-order valence-corrected chi connectivity index (χ1v) is 12.7. The number of aryl methyl sites for hydroxylation is 1. The van der Waals surface area contributed by atoms with Crippen LogP contribution in [0.3, 0.4) is 0 Å². The standard InChI is InChI=1S/C30H35NO5/c1-6-21-13-12-20-14-27(34-18-19-10-8-7-9-11-19)26(33-5)15-22(20)24-16-25(32)23(17-31(21)24)28-29(35-28)36-30(2,3)4/h7-11,14-17,21,28-29H,6,12-13,18H2,1-5H3. The summed E-state index contributed by atoms with van der Waals surface area (Å²) < 4.78 is 25.9. The van der Waals surface area contributed by atoms with E-state index in [-0.39, 0.29) is 29.5 Å². The van der Waals surface area contributed by atoms with Crippen LogP contribution in [0.5, 0.6) is 11.5 Å². The molecule has 0 N–H and O–H groups in total. The monoisotopic (exact) mass is 489 g/mol. The molecule has 6 nitrogen and oxygen atoms in total. The fourth-order valence-electron chi connectivity index (χ4n) is 4.97. The average Bonchev–Trinajstić information content (AvgIpc) is 3.62. The van der Waals surface area contributed by atoms with Crippen molar-refractivity contribution in [2.45, 2.75) is 77.6 Å². The molecule has 190 valence electrons. The summed E-state index contributed by atoms with van der Waals surface area (Å²) in [6, 6.07) is 16.2. The van der Waals surface area contributed by atoms with Crippen molar-refractivity contribution in [1.29, 1.82) is 0 Å². The maximum absolute atomic E-state index is 13.3. The Morgan fingerprint density at radius 2 is 1.86 bits per heavy atom. The van der Waals surface area contributed by atoms with Crippen LogP contribution in [0.4, 0.5) is 0 Å². The van der Waals surface area contributed by atoms with Gasteiger partial charge in [0.15, 0.2) is 23.2 Å². The van der Waals surface area contributed by atoms with E-state index in [9.17, 15) is 4.79 Å². The molecule has 5 rings (SSSR count). The Kier molecular flexibility index (Phi) is 6.66. The first-order chi connectivity index (χ1) is 17.3. The summed E-state index contributed by atoms with van der Waals surface area (Å²) in [6.07, 6.45) is 4.11. The largest absolute Gasteiger partial charge is 0.493 e. The molecule has 2 aliphatic heterocycles. The molecule has 0 aliphatic carbocycles. The normalized spacial score (nSPS) is 20.8. The van der Waals surface area contributed by atoms with Crippen molar-refractivity contribution < 1.29 is 18.9 Å². The van der Waals surface area contributed by atoms with Gasteiger partial charge in [-0.15, -0.1) is 0 Å². The molecule has 1 saturated heterocycles. The zero-order valence-electron chi connectivity index (χ0n) is 21.7. The number of epoxide rings is 1. The summed E-state index contributed by atoms with van der Waals surface area (Å²) >= 11 is 0. The number of rotatable bonds is 7. The molecule has 0 amide bonds. The zero-order chi connectivity index (χ0) is 25.4. The molecule has 2 aromatic carbocycles. The SMILES string of the molecule is CCC1CCc2cc(OCc3ccccc3)c(OC)cc2-c2cc(=O)c(C3OC3OC(C)(C)C)cn21. The Labute approximate surface area is 212 Å². The van der Waals surface area contributed by atoms with Gasteiger partial charge in [-0.2, -0.15) is 0 Å². The lowest BCUT2D eigenvalue weighted by molar-refractivity contribution is -0.0570. The van der Waals surface area contributed by atoms with Crippen LogP contribution < -0.4 is 14.9 Å². The molecule has 36 heavy (non-hydrogen) atoms. The lowest BCUT2D eigenvalue weighted by atomic mass is 9.99. The minimum absolute atomic E-state index is 0.0302. The number of pyridine rings is 1. The van der Waals surface area contributed by atoms with Crippen molar-refractivity contribution in [3.05, 3.63) is 81.6 Å². The lowest BCUT2D eigenvalue weighted by Gasteiger charge is -2.22. The maximum atomic E-state index is 13.3. The molecular formula is C30H35NO5. The van der Waals surface area contributed by atoms with E-state index in [1.165, 1.54) is 0 Å². The molecule has 0 radical (unpaired) electrons. The zero-order valence-corrected chi connectivity index (χ0v) is 21.7. The van der Waals surface area contributed by atoms with E-state index >= 15 is 0 Å². The Morgan fingerprint density at radius 1 is 1.08 bits per heavy atom. The van der Waals surface area contributed by atoms with E-state index in [0.717, 1.165) is 41.6 Å². The molecule has 2 aliphatic rings. The van der Waals surface area contributed by atoms with Gasteiger partial charge in [-0.1, -0.05) is 37.3 Å². The molecule has 1 fully saturated rings. The van der Waals surface area contributed by atoms with E-state index in [1.54, 1.807) is 13.2 Å². The minimum atomic E-state index is -0.376.